The predicted molar refractivity (Wildman–Crippen MR) is 140 cm³/mol. The summed E-state index contributed by atoms with van der Waals surface area (Å²) in [6.07, 6.45) is 0.312. The summed E-state index contributed by atoms with van der Waals surface area (Å²) in [6.45, 7) is 6.82. The molecule has 0 spiro atoms. The summed E-state index contributed by atoms with van der Waals surface area (Å²) in [4.78, 5) is 27.9. The molecule has 0 aliphatic heterocycles. The number of benzene rings is 2. The highest BCUT2D eigenvalue weighted by Gasteiger charge is 2.33. The standard InChI is InChI=1S/C24H30Cl3N3O4S/c1-6-21(23(32)28-24(2,3)4)30(14-16-7-8-18(26)13-20(16)27)22(31)15-29(5)35(33,34)19-11-9-17(25)10-12-19/h7-13,21H,6,14-15H2,1-5H3,(H,28,32)/t21-/m1/s1. The molecule has 2 aromatic rings. The second kappa shape index (κ2) is 11.9. The van der Waals surface area contributed by atoms with E-state index in [4.69, 9.17) is 34.8 Å². The van der Waals surface area contributed by atoms with E-state index in [0.717, 1.165) is 4.31 Å². The maximum Gasteiger partial charge on any atom is 0.243 e. The van der Waals surface area contributed by atoms with Gasteiger partial charge in [0.05, 0.1) is 11.4 Å². The molecule has 0 fully saturated rings. The minimum atomic E-state index is -3.97. The van der Waals surface area contributed by atoms with Crippen molar-refractivity contribution in [3.63, 3.8) is 0 Å². The van der Waals surface area contributed by atoms with Crippen molar-refractivity contribution in [3.8, 4) is 0 Å². The fourth-order valence-electron chi connectivity index (χ4n) is 3.36. The fourth-order valence-corrected chi connectivity index (χ4v) is 5.07. The van der Waals surface area contributed by atoms with Gasteiger partial charge in [0.1, 0.15) is 6.04 Å². The summed E-state index contributed by atoms with van der Waals surface area (Å²) in [7, 11) is -2.66. The van der Waals surface area contributed by atoms with Gasteiger partial charge in [-0.3, -0.25) is 9.59 Å². The van der Waals surface area contributed by atoms with Crippen LogP contribution < -0.4 is 5.32 Å². The molecule has 1 N–H and O–H groups in total. The Morgan fingerprint density at radius 3 is 2.09 bits per heavy atom. The van der Waals surface area contributed by atoms with Gasteiger partial charge in [-0.2, -0.15) is 4.31 Å². The predicted octanol–water partition coefficient (Wildman–Crippen LogP) is 4.99. The van der Waals surface area contributed by atoms with Crippen LogP contribution in [0, 0.1) is 0 Å². The second-order valence-corrected chi connectivity index (χ2v) is 12.5. The third-order valence-corrected chi connectivity index (χ3v) is 7.78. The summed E-state index contributed by atoms with van der Waals surface area (Å²) >= 11 is 18.2. The summed E-state index contributed by atoms with van der Waals surface area (Å²) in [6, 6.07) is 9.68. The fraction of sp³-hybridized carbons (Fsp3) is 0.417. The van der Waals surface area contributed by atoms with Crippen LogP contribution in [0.3, 0.4) is 0 Å². The molecular formula is C24H30Cl3N3O4S. The number of halogens is 3. The Balaban J connectivity index is 2.39. The molecule has 11 heteroatoms. The molecule has 0 radical (unpaired) electrons. The molecule has 0 aliphatic rings. The largest absolute Gasteiger partial charge is 0.350 e. The monoisotopic (exact) mass is 561 g/mol. The molecule has 0 unspecified atom stereocenters. The van der Waals surface area contributed by atoms with Gasteiger partial charge in [-0.05, 0) is 69.2 Å². The van der Waals surface area contributed by atoms with Crippen molar-refractivity contribution in [1.82, 2.24) is 14.5 Å². The Morgan fingerprint density at radius 2 is 1.57 bits per heavy atom. The van der Waals surface area contributed by atoms with Gasteiger partial charge in [-0.25, -0.2) is 8.42 Å². The van der Waals surface area contributed by atoms with Crippen molar-refractivity contribution >= 4 is 56.6 Å². The molecular weight excluding hydrogens is 533 g/mol. The van der Waals surface area contributed by atoms with Crippen LogP contribution in [0.4, 0.5) is 0 Å². The van der Waals surface area contributed by atoms with Crippen LogP contribution in [-0.2, 0) is 26.2 Å². The first-order chi connectivity index (χ1) is 16.2. The molecule has 0 heterocycles. The van der Waals surface area contributed by atoms with E-state index in [1.165, 1.54) is 36.2 Å². The molecule has 2 aromatic carbocycles. The quantitative estimate of drug-likeness (QED) is 0.467. The van der Waals surface area contributed by atoms with Crippen LogP contribution in [-0.4, -0.2) is 54.6 Å². The van der Waals surface area contributed by atoms with Crippen molar-refractivity contribution in [2.45, 2.75) is 57.1 Å². The number of hydrogen-bond acceptors (Lipinski definition) is 4. The van der Waals surface area contributed by atoms with Gasteiger partial charge in [0, 0.05) is 34.2 Å². The van der Waals surface area contributed by atoms with Gasteiger partial charge in [-0.15, -0.1) is 0 Å². The number of carbonyl (C=O) groups is 2. The van der Waals surface area contributed by atoms with Crippen molar-refractivity contribution in [1.29, 1.82) is 0 Å². The summed E-state index contributed by atoms with van der Waals surface area (Å²) in [5.41, 5.74) is 0.0564. The van der Waals surface area contributed by atoms with Gasteiger partial charge >= 0.3 is 0 Å². The smallest absolute Gasteiger partial charge is 0.243 e. The van der Waals surface area contributed by atoms with Gasteiger partial charge in [0.15, 0.2) is 0 Å². The molecule has 0 bridgehead atoms. The van der Waals surface area contributed by atoms with Crippen molar-refractivity contribution in [2.75, 3.05) is 13.6 Å². The Labute approximate surface area is 222 Å². The lowest BCUT2D eigenvalue weighted by Crippen LogP contribution is -2.55. The highest BCUT2D eigenvalue weighted by Crippen LogP contribution is 2.24. The number of amides is 2. The highest BCUT2D eigenvalue weighted by atomic mass is 35.5. The van der Waals surface area contributed by atoms with Crippen LogP contribution in [0.5, 0.6) is 0 Å². The zero-order chi connectivity index (χ0) is 26.6. The third kappa shape index (κ3) is 8.08. The lowest BCUT2D eigenvalue weighted by atomic mass is 10.1. The van der Waals surface area contributed by atoms with E-state index < -0.39 is 34.1 Å². The second-order valence-electron chi connectivity index (χ2n) is 9.14. The van der Waals surface area contributed by atoms with Gasteiger partial charge in [-0.1, -0.05) is 47.8 Å². The Morgan fingerprint density at radius 1 is 1.00 bits per heavy atom. The number of nitrogens with zero attached hydrogens (tertiary/aromatic N) is 2. The van der Waals surface area contributed by atoms with E-state index >= 15 is 0 Å². The average molecular weight is 563 g/mol. The number of hydrogen-bond donors (Lipinski definition) is 1. The van der Waals surface area contributed by atoms with Crippen LogP contribution in [0.1, 0.15) is 39.7 Å². The van der Waals surface area contributed by atoms with Crippen LogP contribution in [0.15, 0.2) is 47.4 Å². The molecule has 0 aliphatic carbocycles. The van der Waals surface area contributed by atoms with E-state index in [-0.39, 0.29) is 17.3 Å². The first-order valence-electron chi connectivity index (χ1n) is 10.9. The van der Waals surface area contributed by atoms with Crippen LogP contribution in [0.25, 0.3) is 0 Å². The molecule has 2 amide bonds. The van der Waals surface area contributed by atoms with Crippen molar-refractivity contribution < 1.29 is 18.0 Å². The molecule has 2 rings (SSSR count). The van der Waals surface area contributed by atoms with Crippen LogP contribution in [0.2, 0.25) is 15.1 Å². The first kappa shape index (κ1) is 29.4. The maximum absolute atomic E-state index is 13.5. The summed E-state index contributed by atoms with van der Waals surface area (Å²) in [5.74, 6) is -0.895. The number of likely N-dealkylation sites (N-methyl/N-ethyl adjacent to an activating group) is 1. The lowest BCUT2D eigenvalue weighted by molar-refractivity contribution is -0.142. The SMILES string of the molecule is CC[C@H](C(=O)NC(C)(C)C)N(Cc1ccc(Cl)cc1Cl)C(=O)CN(C)S(=O)(=O)c1ccc(Cl)cc1. The molecule has 7 nitrogen and oxygen atoms in total. The Bertz CT molecular complexity index is 1170. The van der Waals surface area contributed by atoms with Crippen LogP contribution >= 0.6 is 34.8 Å². The topological polar surface area (TPSA) is 86.8 Å². The normalized spacial score (nSPS) is 12.9. The molecule has 35 heavy (non-hydrogen) atoms. The Kier molecular flexibility index (Phi) is 10.0. The molecule has 0 saturated heterocycles. The van der Waals surface area contributed by atoms with Gasteiger partial charge < -0.3 is 10.2 Å². The molecule has 1 atom stereocenters. The van der Waals surface area contributed by atoms with Gasteiger partial charge in [0.25, 0.3) is 0 Å². The Hall–Kier alpha value is -1.84. The number of nitrogens with one attached hydrogen (secondary N) is 1. The number of sulfonamides is 1. The third-order valence-electron chi connectivity index (χ3n) is 5.12. The molecule has 192 valence electrons. The zero-order valence-corrected chi connectivity index (χ0v) is 23.4. The van der Waals surface area contributed by atoms with Gasteiger partial charge in [0.2, 0.25) is 21.8 Å². The summed E-state index contributed by atoms with van der Waals surface area (Å²) in [5, 5.41) is 4.06. The summed E-state index contributed by atoms with van der Waals surface area (Å²) < 4.78 is 27.0. The first-order valence-corrected chi connectivity index (χ1v) is 13.5. The maximum atomic E-state index is 13.5. The van der Waals surface area contributed by atoms with E-state index in [1.807, 2.05) is 20.8 Å². The average Bonchev–Trinajstić information content (AvgIpc) is 2.74. The van der Waals surface area contributed by atoms with Crippen molar-refractivity contribution in [2.24, 2.45) is 0 Å². The van der Waals surface area contributed by atoms with E-state index in [0.29, 0.717) is 27.1 Å². The molecule has 0 saturated carbocycles. The van der Waals surface area contributed by atoms with Crippen molar-refractivity contribution in [3.05, 3.63) is 63.1 Å². The van der Waals surface area contributed by atoms with E-state index in [9.17, 15) is 18.0 Å². The molecule has 0 aromatic heterocycles. The minimum Gasteiger partial charge on any atom is -0.350 e. The minimum absolute atomic E-state index is 0.000260. The highest BCUT2D eigenvalue weighted by molar-refractivity contribution is 7.89. The lowest BCUT2D eigenvalue weighted by Gasteiger charge is -2.34. The number of carbonyl (C=O) groups excluding carboxylic acids is 2. The number of rotatable bonds is 9. The van der Waals surface area contributed by atoms with E-state index in [1.54, 1.807) is 25.1 Å². The zero-order valence-electron chi connectivity index (χ0n) is 20.3. The van der Waals surface area contributed by atoms with E-state index in [2.05, 4.69) is 5.32 Å².